The Morgan fingerprint density at radius 1 is 1.33 bits per heavy atom. The summed E-state index contributed by atoms with van der Waals surface area (Å²) in [5.41, 5.74) is 6.43. The van der Waals surface area contributed by atoms with Gasteiger partial charge in [0.2, 0.25) is 5.91 Å². The number of hydrogen-bond acceptors (Lipinski definition) is 3. The van der Waals surface area contributed by atoms with Crippen molar-refractivity contribution in [1.82, 2.24) is 4.90 Å². The molecule has 5 heteroatoms. The first-order chi connectivity index (χ1) is 9.99. The van der Waals surface area contributed by atoms with Crippen LogP contribution in [0, 0.1) is 11.7 Å². The quantitative estimate of drug-likeness (QED) is 0.725. The van der Waals surface area contributed by atoms with Gasteiger partial charge in [-0.15, -0.1) is 0 Å². The highest BCUT2D eigenvalue weighted by molar-refractivity contribution is 5.95. The van der Waals surface area contributed by atoms with Gasteiger partial charge in [-0.3, -0.25) is 9.69 Å². The van der Waals surface area contributed by atoms with Crippen molar-refractivity contribution in [3.05, 3.63) is 24.0 Å². The zero-order valence-corrected chi connectivity index (χ0v) is 13.2. The van der Waals surface area contributed by atoms with E-state index in [4.69, 9.17) is 5.73 Å². The zero-order valence-electron chi connectivity index (χ0n) is 13.2. The van der Waals surface area contributed by atoms with Crippen molar-refractivity contribution in [3.63, 3.8) is 0 Å². The van der Waals surface area contributed by atoms with Crippen LogP contribution in [0.4, 0.5) is 15.8 Å². The average Bonchev–Trinajstić information content (AvgIpc) is 2.47. The van der Waals surface area contributed by atoms with E-state index >= 15 is 0 Å². The van der Waals surface area contributed by atoms with Crippen LogP contribution >= 0.6 is 0 Å². The first kappa shape index (κ1) is 17.4. The highest BCUT2D eigenvalue weighted by Crippen LogP contribution is 2.19. The molecular weight excluding hydrogens is 269 g/mol. The maximum atomic E-state index is 13.2. The molecule has 0 radical (unpaired) electrons. The van der Waals surface area contributed by atoms with Crippen LogP contribution in [0.1, 0.15) is 33.6 Å². The normalized spacial score (nSPS) is 11.1. The lowest BCUT2D eigenvalue weighted by Crippen LogP contribution is -2.36. The van der Waals surface area contributed by atoms with Crippen LogP contribution < -0.4 is 11.1 Å². The highest BCUT2D eigenvalue weighted by atomic mass is 19.1. The molecule has 0 bridgehead atoms. The Labute approximate surface area is 126 Å². The summed E-state index contributed by atoms with van der Waals surface area (Å²) in [4.78, 5) is 14.2. The Morgan fingerprint density at radius 3 is 2.57 bits per heavy atom. The van der Waals surface area contributed by atoms with Gasteiger partial charge in [-0.2, -0.15) is 0 Å². The summed E-state index contributed by atoms with van der Waals surface area (Å²) >= 11 is 0. The molecule has 0 aliphatic carbocycles. The molecule has 4 nitrogen and oxygen atoms in total. The number of nitrogens with two attached hydrogens (primary N) is 1. The Morgan fingerprint density at radius 2 is 2.00 bits per heavy atom. The first-order valence-corrected chi connectivity index (χ1v) is 7.57. The number of carbonyl (C=O) groups is 1. The summed E-state index contributed by atoms with van der Waals surface area (Å²) in [6.07, 6.45) is 2.21. The lowest BCUT2D eigenvalue weighted by molar-refractivity contribution is -0.117. The molecule has 1 aromatic carbocycles. The number of hydrogen-bond donors (Lipinski definition) is 2. The predicted octanol–water partition coefficient (Wildman–Crippen LogP) is 3.10. The van der Waals surface area contributed by atoms with Crippen molar-refractivity contribution in [2.24, 2.45) is 5.92 Å². The van der Waals surface area contributed by atoms with Gasteiger partial charge in [-0.1, -0.05) is 33.6 Å². The summed E-state index contributed by atoms with van der Waals surface area (Å²) < 4.78 is 13.2. The van der Waals surface area contributed by atoms with E-state index in [1.807, 2.05) is 6.92 Å². The fourth-order valence-corrected chi connectivity index (χ4v) is 2.25. The molecule has 0 atom stereocenters. The van der Waals surface area contributed by atoms with Crippen LogP contribution in [-0.4, -0.2) is 30.4 Å². The van der Waals surface area contributed by atoms with Gasteiger partial charge in [0.25, 0.3) is 0 Å². The van der Waals surface area contributed by atoms with E-state index in [-0.39, 0.29) is 5.91 Å². The van der Waals surface area contributed by atoms with Crippen LogP contribution in [0.3, 0.4) is 0 Å². The Balaban J connectivity index is 2.60. The molecule has 1 rings (SSSR count). The van der Waals surface area contributed by atoms with Gasteiger partial charge in [0, 0.05) is 6.54 Å². The summed E-state index contributed by atoms with van der Waals surface area (Å²) in [6.45, 7) is 8.36. The van der Waals surface area contributed by atoms with E-state index in [9.17, 15) is 9.18 Å². The molecule has 0 fully saturated rings. The number of nitrogen functional groups attached to an aromatic ring is 1. The molecule has 0 heterocycles. The topological polar surface area (TPSA) is 58.4 Å². The molecular formula is C16H26FN3O. The van der Waals surface area contributed by atoms with Gasteiger partial charge < -0.3 is 11.1 Å². The summed E-state index contributed by atoms with van der Waals surface area (Å²) in [7, 11) is 0. The Kier molecular flexibility index (Phi) is 7.15. The number of amides is 1. The second-order valence-corrected chi connectivity index (χ2v) is 5.29. The second-order valence-electron chi connectivity index (χ2n) is 5.29. The third-order valence-electron chi connectivity index (χ3n) is 3.77. The number of likely N-dealkylation sites (N-methyl/N-ethyl adjacent to an activating group) is 1. The molecule has 21 heavy (non-hydrogen) atoms. The summed E-state index contributed by atoms with van der Waals surface area (Å²) in [5, 5.41) is 2.68. The van der Waals surface area contributed by atoms with Crippen molar-refractivity contribution in [2.75, 3.05) is 30.7 Å². The molecule has 0 aliphatic rings. The van der Waals surface area contributed by atoms with E-state index in [1.165, 1.54) is 18.2 Å². The Hall–Kier alpha value is -1.62. The number of anilines is 2. The van der Waals surface area contributed by atoms with Crippen LogP contribution in [0.15, 0.2) is 18.2 Å². The smallest absolute Gasteiger partial charge is 0.238 e. The standard InChI is InChI=1S/C16H26FN3O/c1-4-12(5-2)10-20(6-3)11-16(21)19-15-9-13(17)7-8-14(15)18/h7-9,12H,4-6,10-11,18H2,1-3H3,(H,19,21). The minimum atomic E-state index is -0.413. The van der Waals surface area contributed by atoms with Crippen molar-refractivity contribution >= 4 is 17.3 Å². The van der Waals surface area contributed by atoms with Crippen molar-refractivity contribution in [2.45, 2.75) is 33.6 Å². The fourth-order valence-electron chi connectivity index (χ4n) is 2.25. The predicted molar refractivity (Wildman–Crippen MR) is 85.6 cm³/mol. The first-order valence-electron chi connectivity index (χ1n) is 7.57. The molecule has 0 aliphatic heterocycles. The lowest BCUT2D eigenvalue weighted by Gasteiger charge is -2.24. The number of carbonyl (C=O) groups excluding carboxylic acids is 1. The zero-order chi connectivity index (χ0) is 15.8. The van der Waals surface area contributed by atoms with E-state index in [0.29, 0.717) is 23.8 Å². The summed E-state index contributed by atoms with van der Waals surface area (Å²) in [6, 6.07) is 3.97. The van der Waals surface area contributed by atoms with Gasteiger partial charge in [0.05, 0.1) is 17.9 Å². The van der Waals surface area contributed by atoms with Gasteiger partial charge in [0.1, 0.15) is 5.82 Å². The molecule has 118 valence electrons. The lowest BCUT2D eigenvalue weighted by atomic mass is 10.0. The SMILES string of the molecule is CCC(CC)CN(CC)CC(=O)Nc1cc(F)ccc1N. The van der Waals surface area contributed by atoms with Gasteiger partial charge in [0.15, 0.2) is 0 Å². The van der Waals surface area contributed by atoms with Crippen molar-refractivity contribution < 1.29 is 9.18 Å². The molecule has 3 N–H and O–H groups in total. The van der Waals surface area contributed by atoms with Gasteiger partial charge in [-0.25, -0.2) is 4.39 Å². The average molecular weight is 295 g/mol. The van der Waals surface area contributed by atoms with E-state index in [2.05, 4.69) is 24.1 Å². The maximum absolute atomic E-state index is 13.2. The van der Waals surface area contributed by atoms with Crippen LogP contribution in [0.2, 0.25) is 0 Å². The minimum absolute atomic E-state index is 0.167. The summed E-state index contributed by atoms with van der Waals surface area (Å²) in [5.74, 6) is 0.0148. The molecule has 0 unspecified atom stereocenters. The van der Waals surface area contributed by atoms with E-state index in [1.54, 1.807) is 0 Å². The van der Waals surface area contributed by atoms with E-state index in [0.717, 1.165) is 25.9 Å². The number of nitrogens with one attached hydrogen (secondary N) is 1. The number of rotatable bonds is 8. The number of benzene rings is 1. The monoisotopic (exact) mass is 295 g/mol. The fraction of sp³-hybridized carbons (Fsp3) is 0.562. The molecule has 0 spiro atoms. The highest BCUT2D eigenvalue weighted by Gasteiger charge is 2.14. The Bertz CT molecular complexity index is 461. The van der Waals surface area contributed by atoms with Crippen molar-refractivity contribution in [3.8, 4) is 0 Å². The third-order valence-corrected chi connectivity index (χ3v) is 3.77. The van der Waals surface area contributed by atoms with Crippen LogP contribution in [-0.2, 0) is 4.79 Å². The maximum Gasteiger partial charge on any atom is 0.238 e. The molecule has 1 amide bonds. The number of nitrogens with zero attached hydrogens (tertiary/aromatic N) is 1. The molecule has 0 saturated carbocycles. The third kappa shape index (κ3) is 5.71. The van der Waals surface area contributed by atoms with Crippen LogP contribution in [0.25, 0.3) is 0 Å². The molecule has 0 saturated heterocycles. The largest absolute Gasteiger partial charge is 0.397 e. The number of halogens is 1. The second kappa shape index (κ2) is 8.62. The minimum Gasteiger partial charge on any atom is -0.397 e. The van der Waals surface area contributed by atoms with E-state index < -0.39 is 5.82 Å². The molecule has 1 aromatic rings. The molecule has 0 aromatic heterocycles. The van der Waals surface area contributed by atoms with Crippen LogP contribution in [0.5, 0.6) is 0 Å². The van der Waals surface area contributed by atoms with Gasteiger partial charge in [-0.05, 0) is 30.7 Å². The van der Waals surface area contributed by atoms with Crippen molar-refractivity contribution in [1.29, 1.82) is 0 Å². The van der Waals surface area contributed by atoms with Gasteiger partial charge >= 0.3 is 0 Å².